The van der Waals surface area contributed by atoms with Gasteiger partial charge in [-0.3, -0.25) is 0 Å². The first-order valence-electron chi connectivity index (χ1n) is 5.00. The van der Waals surface area contributed by atoms with E-state index in [1.165, 1.54) is 4.72 Å². The monoisotopic (exact) mass is 276 g/mol. The predicted octanol–water partition coefficient (Wildman–Crippen LogP) is 0.0858. The number of halogens is 3. The molecule has 0 amide bonds. The van der Waals surface area contributed by atoms with Crippen LogP contribution in [0.1, 0.15) is 13.8 Å². The molecular weight excluding hydrogens is 261 g/mol. The maximum absolute atomic E-state index is 11.9. The molecule has 0 aromatic rings. The van der Waals surface area contributed by atoms with E-state index in [-0.39, 0.29) is 19.0 Å². The maximum Gasteiger partial charge on any atom is 0.402 e. The first-order valence-corrected chi connectivity index (χ1v) is 6.44. The van der Waals surface area contributed by atoms with Crippen LogP contribution in [0.25, 0.3) is 0 Å². The Balaban J connectivity index is 2.53. The highest BCUT2D eigenvalue weighted by molar-refractivity contribution is 7.87. The number of hydrogen-bond donors (Lipinski definition) is 2. The Morgan fingerprint density at radius 3 is 2.24 bits per heavy atom. The molecular formula is C8H15F3N2O3S. The van der Waals surface area contributed by atoms with E-state index >= 15 is 0 Å². The molecule has 0 aliphatic carbocycles. The Labute approximate surface area is 97.8 Å². The van der Waals surface area contributed by atoms with Crippen molar-refractivity contribution in [2.45, 2.75) is 25.6 Å². The molecule has 9 heteroatoms. The highest BCUT2D eigenvalue weighted by Gasteiger charge is 2.49. The zero-order valence-electron chi connectivity index (χ0n) is 9.45. The van der Waals surface area contributed by atoms with Gasteiger partial charge >= 0.3 is 6.18 Å². The van der Waals surface area contributed by atoms with E-state index in [2.05, 4.69) is 0 Å². The first kappa shape index (κ1) is 14.7. The summed E-state index contributed by atoms with van der Waals surface area (Å²) in [5.74, 6) is -0.156. The van der Waals surface area contributed by atoms with Crippen molar-refractivity contribution in [2.75, 3.05) is 19.6 Å². The van der Waals surface area contributed by atoms with Gasteiger partial charge in [0.2, 0.25) is 0 Å². The molecule has 0 atom stereocenters. The van der Waals surface area contributed by atoms with Crippen molar-refractivity contribution in [2.24, 2.45) is 5.92 Å². The van der Waals surface area contributed by atoms with E-state index in [1.807, 2.05) is 0 Å². The van der Waals surface area contributed by atoms with Gasteiger partial charge in [-0.2, -0.15) is 30.6 Å². The average Bonchev–Trinajstić information content (AvgIpc) is 2.08. The molecule has 1 rings (SSSR count). The number of nitrogens with zero attached hydrogens (tertiary/aromatic N) is 1. The van der Waals surface area contributed by atoms with Crippen LogP contribution in [0.2, 0.25) is 0 Å². The number of hydrogen-bond acceptors (Lipinski definition) is 3. The lowest BCUT2D eigenvalue weighted by molar-refractivity contribution is -0.122. The van der Waals surface area contributed by atoms with Gasteiger partial charge in [0.1, 0.15) is 6.54 Å². The number of nitrogens with one attached hydrogen (secondary N) is 1. The molecule has 5 nitrogen and oxygen atoms in total. The minimum Gasteiger partial charge on any atom is -0.387 e. The van der Waals surface area contributed by atoms with Gasteiger partial charge in [0, 0.05) is 13.1 Å². The first-order chi connectivity index (χ1) is 7.46. The van der Waals surface area contributed by atoms with Crippen molar-refractivity contribution in [1.29, 1.82) is 0 Å². The molecule has 102 valence electrons. The molecule has 0 aromatic heterocycles. The fourth-order valence-corrected chi connectivity index (χ4v) is 2.68. The van der Waals surface area contributed by atoms with Crippen LogP contribution in [0.4, 0.5) is 13.2 Å². The normalized spacial score (nSPS) is 21.6. The molecule has 0 radical (unpaired) electrons. The van der Waals surface area contributed by atoms with Gasteiger partial charge in [0.05, 0.1) is 5.60 Å². The number of β-amino-alcohol motifs (C(OH)–C–C–N with tert-alkyl or cyclic N) is 1. The molecule has 0 aromatic carbocycles. The van der Waals surface area contributed by atoms with E-state index in [0.29, 0.717) is 0 Å². The quantitative estimate of drug-likeness (QED) is 0.764. The fraction of sp³-hybridized carbons (Fsp3) is 1.00. The van der Waals surface area contributed by atoms with Crippen LogP contribution in [0.5, 0.6) is 0 Å². The molecule has 0 spiro atoms. The molecule has 2 N–H and O–H groups in total. The van der Waals surface area contributed by atoms with Gasteiger partial charge in [0.15, 0.2) is 0 Å². The highest BCUT2D eigenvalue weighted by Crippen LogP contribution is 2.30. The Morgan fingerprint density at radius 2 is 1.88 bits per heavy atom. The molecule has 1 heterocycles. The Hall–Kier alpha value is -0.380. The summed E-state index contributed by atoms with van der Waals surface area (Å²) in [7, 11) is -4.16. The lowest BCUT2D eigenvalue weighted by Crippen LogP contribution is -2.67. The lowest BCUT2D eigenvalue weighted by Gasteiger charge is -2.47. The SMILES string of the molecule is CC(C)C1(O)CN(S(=O)(=O)NCC(F)(F)F)C1. The second kappa shape index (κ2) is 4.38. The van der Waals surface area contributed by atoms with Crippen molar-refractivity contribution in [1.82, 2.24) is 9.03 Å². The minimum atomic E-state index is -4.59. The maximum atomic E-state index is 11.9. The van der Waals surface area contributed by atoms with Crippen molar-refractivity contribution < 1.29 is 26.7 Å². The summed E-state index contributed by atoms with van der Waals surface area (Å²) in [6, 6.07) is 0. The van der Waals surface area contributed by atoms with Crippen LogP contribution < -0.4 is 4.72 Å². The third-order valence-electron chi connectivity index (χ3n) is 2.77. The zero-order valence-corrected chi connectivity index (χ0v) is 10.3. The van der Waals surface area contributed by atoms with Gasteiger partial charge in [-0.25, -0.2) is 0 Å². The van der Waals surface area contributed by atoms with Crippen molar-refractivity contribution in [3.05, 3.63) is 0 Å². The van der Waals surface area contributed by atoms with E-state index < -0.39 is 28.5 Å². The standard InChI is InChI=1S/C8H15F3N2O3S/c1-6(2)7(14)4-13(5-7)17(15,16)12-3-8(9,10)11/h6,12,14H,3-5H2,1-2H3. The van der Waals surface area contributed by atoms with Crippen LogP contribution in [0.15, 0.2) is 0 Å². The van der Waals surface area contributed by atoms with Gasteiger partial charge in [-0.15, -0.1) is 0 Å². The van der Waals surface area contributed by atoms with Gasteiger partial charge in [0.25, 0.3) is 10.2 Å². The van der Waals surface area contributed by atoms with Gasteiger partial charge < -0.3 is 5.11 Å². The third-order valence-corrected chi connectivity index (χ3v) is 4.22. The predicted molar refractivity (Wildman–Crippen MR) is 54.3 cm³/mol. The van der Waals surface area contributed by atoms with E-state index in [0.717, 1.165) is 4.31 Å². The summed E-state index contributed by atoms with van der Waals surface area (Å²) in [6.45, 7) is 1.46. The van der Waals surface area contributed by atoms with E-state index in [1.54, 1.807) is 13.8 Å². The fourth-order valence-electron chi connectivity index (χ4n) is 1.36. The van der Waals surface area contributed by atoms with Crippen LogP contribution in [0.3, 0.4) is 0 Å². The van der Waals surface area contributed by atoms with Crippen LogP contribution in [-0.2, 0) is 10.2 Å². The van der Waals surface area contributed by atoms with Gasteiger partial charge in [-0.05, 0) is 5.92 Å². The molecule has 0 saturated carbocycles. The van der Waals surface area contributed by atoms with E-state index in [4.69, 9.17) is 0 Å². The van der Waals surface area contributed by atoms with Crippen molar-refractivity contribution in [3.63, 3.8) is 0 Å². The molecule has 1 fully saturated rings. The third kappa shape index (κ3) is 3.54. The van der Waals surface area contributed by atoms with Crippen LogP contribution in [-0.4, -0.2) is 49.2 Å². The Morgan fingerprint density at radius 1 is 1.41 bits per heavy atom. The van der Waals surface area contributed by atoms with Crippen LogP contribution in [0, 0.1) is 5.92 Å². The zero-order chi connectivity index (χ0) is 13.5. The summed E-state index contributed by atoms with van der Waals surface area (Å²) in [5.41, 5.74) is -1.15. The number of rotatable bonds is 4. The number of aliphatic hydroxyl groups is 1. The minimum absolute atomic E-state index is 0.156. The summed E-state index contributed by atoms with van der Waals surface area (Å²) in [4.78, 5) is 0. The van der Waals surface area contributed by atoms with Crippen LogP contribution >= 0.6 is 0 Å². The number of alkyl halides is 3. The summed E-state index contributed by atoms with van der Waals surface area (Å²) in [6.07, 6.45) is -4.59. The van der Waals surface area contributed by atoms with Crippen molar-refractivity contribution >= 4 is 10.2 Å². The van der Waals surface area contributed by atoms with Crippen molar-refractivity contribution in [3.8, 4) is 0 Å². The Bertz CT molecular complexity index is 374. The molecule has 0 bridgehead atoms. The average molecular weight is 276 g/mol. The largest absolute Gasteiger partial charge is 0.402 e. The molecule has 1 aliphatic rings. The Kier molecular flexibility index (Phi) is 3.78. The van der Waals surface area contributed by atoms with E-state index in [9.17, 15) is 26.7 Å². The molecule has 1 saturated heterocycles. The lowest BCUT2D eigenvalue weighted by atomic mass is 9.85. The van der Waals surface area contributed by atoms with Gasteiger partial charge in [-0.1, -0.05) is 13.8 Å². The second-order valence-electron chi connectivity index (χ2n) is 4.47. The molecule has 17 heavy (non-hydrogen) atoms. The molecule has 1 aliphatic heterocycles. The topological polar surface area (TPSA) is 69.6 Å². The smallest absolute Gasteiger partial charge is 0.387 e. The molecule has 0 unspecified atom stereocenters. The summed E-state index contributed by atoms with van der Waals surface area (Å²) < 4.78 is 60.5. The summed E-state index contributed by atoms with van der Waals surface area (Å²) in [5, 5.41) is 9.79. The summed E-state index contributed by atoms with van der Waals surface area (Å²) >= 11 is 0. The second-order valence-corrected chi connectivity index (χ2v) is 6.22. The highest BCUT2D eigenvalue weighted by atomic mass is 32.2.